The van der Waals surface area contributed by atoms with Gasteiger partial charge in [-0.3, -0.25) is 0 Å². The molecule has 4 rings (SSSR count). The van der Waals surface area contributed by atoms with E-state index in [1.807, 2.05) is 0 Å². The maximum atomic E-state index is 15.5. The molecule has 1 fully saturated rings. The SMILES string of the molecule is Cc1c(Br)c(Br)c2c3c1nc(C1(F)CCNCC1)n3CCC2. The van der Waals surface area contributed by atoms with Gasteiger partial charge in [0.1, 0.15) is 5.82 Å². The van der Waals surface area contributed by atoms with Crippen LogP contribution < -0.4 is 5.32 Å². The van der Waals surface area contributed by atoms with Crippen LogP contribution in [0.25, 0.3) is 11.0 Å². The Hall–Kier alpha value is -0.460. The lowest BCUT2D eigenvalue weighted by Gasteiger charge is -2.30. The molecular formula is C16H18Br2FN3. The van der Waals surface area contributed by atoms with Gasteiger partial charge in [0.25, 0.3) is 0 Å². The van der Waals surface area contributed by atoms with E-state index in [-0.39, 0.29) is 0 Å². The van der Waals surface area contributed by atoms with E-state index in [0.29, 0.717) is 18.7 Å². The number of hydrogen-bond acceptors (Lipinski definition) is 2. The van der Waals surface area contributed by atoms with E-state index in [1.165, 1.54) is 5.56 Å². The van der Waals surface area contributed by atoms with E-state index in [9.17, 15) is 0 Å². The Bertz CT molecular complexity index is 763. The molecule has 1 aromatic carbocycles. The van der Waals surface area contributed by atoms with E-state index >= 15 is 4.39 Å². The summed E-state index contributed by atoms with van der Waals surface area (Å²) < 4.78 is 19.8. The van der Waals surface area contributed by atoms with Gasteiger partial charge in [0.15, 0.2) is 5.67 Å². The molecule has 0 bridgehead atoms. The van der Waals surface area contributed by atoms with Gasteiger partial charge < -0.3 is 9.88 Å². The maximum Gasteiger partial charge on any atom is 0.170 e. The molecule has 0 unspecified atom stereocenters. The molecule has 2 aliphatic rings. The third kappa shape index (κ3) is 2.03. The van der Waals surface area contributed by atoms with Crippen molar-refractivity contribution in [2.24, 2.45) is 0 Å². The van der Waals surface area contributed by atoms with Crippen LogP contribution in [0.3, 0.4) is 0 Å². The first-order valence-corrected chi connectivity index (χ1v) is 9.38. The van der Waals surface area contributed by atoms with Crippen molar-refractivity contribution in [1.29, 1.82) is 0 Å². The standard InChI is InChI=1S/C16H18Br2FN3/c1-9-11(17)12(18)10-3-2-8-22-14(10)13(9)21-15(22)16(19)4-6-20-7-5-16/h20H,2-8H2,1H3. The van der Waals surface area contributed by atoms with Crippen molar-refractivity contribution in [2.45, 2.75) is 44.8 Å². The van der Waals surface area contributed by atoms with Crippen molar-refractivity contribution >= 4 is 42.9 Å². The largest absolute Gasteiger partial charge is 0.325 e. The number of nitrogens with one attached hydrogen (secondary N) is 1. The molecule has 0 spiro atoms. The summed E-state index contributed by atoms with van der Waals surface area (Å²) >= 11 is 7.37. The van der Waals surface area contributed by atoms with Crippen LogP contribution in [0.5, 0.6) is 0 Å². The minimum Gasteiger partial charge on any atom is -0.325 e. The molecule has 118 valence electrons. The molecule has 0 atom stereocenters. The number of alkyl halides is 1. The van der Waals surface area contributed by atoms with Crippen LogP contribution in [0.1, 0.15) is 36.2 Å². The zero-order valence-corrected chi connectivity index (χ0v) is 15.7. The number of imidazole rings is 1. The van der Waals surface area contributed by atoms with Gasteiger partial charge >= 0.3 is 0 Å². The lowest BCUT2D eigenvalue weighted by molar-refractivity contribution is 0.0995. The Morgan fingerprint density at radius 3 is 2.68 bits per heavy atom. The van der Waals surface area contributed by atoms with Crippen LogP contribution in [-0.2, 0) is 18.6 Å². The molecule has 0 aliphatic carbocycles. The Morgan fingerprint density at radius 1 is 1.23 bits per heavy atom. The number of aromatic nitrogens is 2. The second-order valence-electron chi connectivity index (χ2n) is 6.33. The van der Waals surface area contributed by atoms with E-state index < -0.39 is 5.67 Å². The Labute approximate surface area is 145 Å². The zero-order chi connectivity index (χ0) is 15.5. The van der Waals surface area contributed by atoms with E-state index in [0.717, 1.165) is 58.0 Å². The van der Waals surface area contributed by atoms with E-state index in [1.54, 1.807) is 0 Å². The van der Waals surface area contributed by atoms with Crippen molar-refractivity contribution in [2.75, 3.05) is 13.1 Å². The van der Waals surface area contributed by atoms with Crippen LogP contribution in [-0.4, -0.2) is 22.6 Å². The Balaban J connectivity index is 2.03. The predicted octanol–water partition coefficient (Wildman–Crippen LogP) is 4.36. The smallest absolute Gasteiger partial charge is 0.170 e. The molecule has 0 saturated carbocycles. The predicted molar refractivity (Wildman–Crippen MR) is 93.1 cm³/mol. The number of rotatable bonds is 1. The number of aryl methyl sites for hydroxylation is 3. The van der Waals surface area contributed by atoms with Crippen molar-refractivity contribution in [3.63, 3.8) is 0 Å². The molecule has 3 heterocycles. The van der Waals surface area contributed by atoms with Crippen LogP contribution >= 0.6 is 31.9 Å². The average molecular weight is 431 g/mol. The summed E-state index contributed by atoms with van der Waals surface area (Å²) in [4.78, 5) is 4.79. The van der Waals surface area contributed by atoms with Crippen LogP contribution in [0, 0.1) is 6.92 Å². The highest BCUT2D eigenvalue weighted by molar-refractivity contribution is 9.13. The maximum absolute atomic E-state index is 15.5. The first kappa shape index (κ1) is 15.1. The fourth-order valence-electron chi connectivity index (χ4n) is 3.77. The summed E-state index contributed by atoms with van der Waals surface area (Å²) in [7, 11) is 0. The topological polar surface area (TPSA) is 29.9 Å². The molecule has 1 aromatic heterocycles. The fourth-order valence-corrected chi connectivity index (χ4v) is 4.88. The Morgan fingerprint density at radius 2 is 1.95 bits per heavy atom. The minimum atomic E-state index is -1.30. The minimum absolute atomic E-state index is 0.507. The summed E-state index contributed by atoms with van der Waals surface area (Å²) in [5.41, 5.74) is 3.13. The zero-order valence-electron chi connectivity index (χ0n) is 12.5. The fraction of sp³-hybridized carbons (Fsp3) is 0.562. The van der Waals surface area contributed by atoms with E-state index in [2.05, 4.69) is 48.7 Å². The van der Waals surface area contributed by atoms with Gasteiger partial charge in [-0.15, -0.1) is 0 Å². The van der Waals surface area contributed by atoms with Gasteiger partial charge in [-0.2, -0.15) is 0 Å². The molecule has 6 heteroatoms. The molecule has 0 amide bonds. The molecule has 1 N–H and O–H groups in total. The van der Waals surface area contributed by atoms with Gasteiger partial charge in [0, 0.05) is 28.3 Å². The van der Waals surface area contributed by atoms with Gasteiger partial charge in [-0.25, -0.2) is 9.37 Å². The number of halogens is 3. The molecule has 1 saturated heterocycles. The van der Waals surface area contributed by atoms with Crippen molar-refractivity contribution in [3.8, 4) is 0 Å². The monoisotopic (exact) mass is 429 g/mol. The highest BCUT2D eigenvalue weighted by Crippen LogP contribution is 2.43. The second-order valence-corrected chi connectivity index (χ2v) is 7.92. The molecule has 2 aliphatic heterocycles. The summed E-state index contributed by atoms with van der Waals surface area (Å²) in [6.07, 6.45) is 3.07. The summed E-state index contributed by atoms with van der Waals surface area (Å²) in [5.74, 6) is 0.637. The lowest BCUT2D eigenvalue weighted by atomic mass is 9.93. The third-order valence-corrected chi connectivity index (χ3v) is 7.40. The third-order valence-electron chi connectivity index (χ3n) is 5.00. The normalized spacial score (nSPS) is 20.5. The molecule has 22 heavy (non-hydrogen) atoms. The number of benzene rings is 1. The lowest BCUT2D eigenvalue weighted by Crippen LogP contribution is -2.38. The summed E-state index contributed by atoms with van der Waals surface area (Å²) in [6.45, 7) is 4.36. The highest BCUT2D eigenvalue weighted by atomic mass is 79.9. The highest BCUT2D eigenvalue weighted by Gasteiger charge is 2.40. The number of hydrogen-bond donors (Lipinski definition) is 1. The van der Waals surface area contributed by atoms with Crippen LogP contribution in [0.15, 0.2) is 8.95 Å². The molecular weight excluding hydrogens is 413 g/mol. The summed E-state index contributed by atoms with van der Waals surface area (Å²) in [5, 5.41) is 3.24. The second kappa shape index (κ2) is 5.28. The molecule has 2 aromatic rings. The van der Waals surface area contributed by atoms with Gasteiger partial charge in [0.05, 0.1) is 11.0 Å². The van der Waals surface area contributed by atoms with Crippen LogP contribution in [0.2, 0.25) is 0 Å². The van der Waals surface area contributed by atoms with Gasteiger partial charge in [-0.1, -0.05) is 0 Å². The van der Waals surface area contributed by atoms with Crippen LogP contribution in [0.4, 0.5) is 4.39 Å². The van der Waals surface area contributed by atoms with Crippen molar-refractivity contribution < 1.29 is 4.39 Å². The number of piperidine rings is 1. The molecule has 0 radical (unpaired) electrons. The van der Waals surface area contributed by atoms with E-state index in [4.69, 9.17) is 4.98 Å². The summed E-state index contributed by atoms with van der Waals surface area (Å²) in [6, 6.07) is 0. The van der Waals surface area contributed by atoms with Gasteiger partial charge in [-0.05, 0) is 75.8 Å². The van der Waals surface area contributed by atoms with Crippen molar-refractivity contribution in [3.05, 3.63) is 25.9 Å². The Kier molecular flexibility index (Phi) is 3.62. The first-order valence-electron chi connectivity index (χ1n) is 7.80. The van der Waals surface area contributed by atoms with Crippen molar-refractivity contribution in [1.82, 2.24) is 14.9 Å². The van der Waals surface area contributed by atoms with Gasteiger partial charge in [0.2, 0.25) is 0 Å². The number of nitrogens with zero attached hydrogens (tertiary/aromatic N) is 2. The first-order chi connectivity index (χ1) is 10.5. The molecule has 3 nitrogen and oxygen atoms in total. The average Bonchev–Trinajstić information content (AvgIpc) is 2.93. The quantitative estimate of drug-likeness (QED) is 0.728.